The maximum Gasteiger partial charge on any atom is 0.243 e. The Balaban J connectivity index is 1.31. The largest absolute Gasteiger partial charge is 0.352 e. The summed E-state index contributed by atoms with van der Waals surface area (Å²) in [5, 5.41) is 10.9. The smallest absolute Gasteiger partial charge is 0.243 e. The van der Waals surface area contributed by atoms with Crippen LogP contribution >= 0.6 is 11.6 Å². The average molecular weight is 483 g/mol. The number of aromatic nitrogens is 2. The van der Waals surface area contributed by atoms with Gasteiger partial charge >= 0.3 is 0 Å². The van der Waals surface area contributed by atoms with E-state index in [1.54, 1.807) is 0 Å². The summed E-state index contributed by atoms with van der Waals surface area (Å²) < 4.78 is 40.6. The minimum absolute atomic E-state index is 0.0124. The highest BCUT2D eigenvalue weighted by molar-refractivity contribution is 7.89. The Morgan fingerprint density at radius 2 is 1.61 bits per heavy atom. The molecule has 0 unspecified atom stereocenters. The molecule has 1 saturated heterocycles. The molecule has 2 heterocycles. The number of sulfonamides is 1. The maximum atomic E-state index is 13.4. The summed E-state index contributed by atoms with van der Waals surface area (Å²) in [4.78, 5) is 1.99. The molecule has 0 aliphatic carbocycles. The van der Waals surface area contributed by atoms with Gasteiger partial charge in [0.15, 0.2) is 5.82 Å². The van der Waals surface area contributed by atoms with Crippen LogP contribution < -0.4 is 4.90 Å². The minimum Gasteiger partial charge on any atom is -0.352 e. The van der Waals surface area contributed by atoms with Crippen molar-refractivity contribution in [3.63, 3.8) is 0 Å². The number of hydrogen-bond donors (Lipinski definition) is 0. The molecule has 0 amide bonds. The Labute approximate surface area is 196 Å². The molecule has 3 aromatic carbocycles. The molecule has 33 heavy (non-hydrogen) atoms. The first kappa shape index (κ1) is 21.8. The third-order valence-electron chi connectivity index (χ3n) is 5.81. The van der Waals surface area contributed by atoms with Crippen LogP contribution in [-0.2, 0) is 10.0 Å². The second kappa shape index (κ2) is 8.70. The van der Waals surface area contributed by atoms with Crippen molar-refractivity contribution in [2.24, 2.45) is 0 Å². The lowest BCUT2D eigenvalue weighted by molar-refractivity contribution is 0.383. The van der Waals surface area contributed by atoms with Gasteiger partial charge in [-0.25, -0.2) is 12.8 Å². The molecule has 0 atom stereocenters. The number of fused-ring (bicyclic) bond motifs is 1. The molecule has 0 bridgehead atoms. The topological polar surface area (TPSA) is 66.4 Å². The van der Waals surface area contributed by atoms with Gasteiger partial charge in [0.25, 0.3) is 0 Å². The molecule has 6 nitrogen and oxygen atoms in total. The lowest BCUT2D eigenvalue weighted by Gasteiger charge is -2.34. The minimum atomic E-state index is -3.75. The van der Waals surface area contributed by atoms with Crippen LogP contribution in [-0.4, -0.2) is 49.1 Å². The standard InChI is InChI=1S/C24H20ClFN4O2S/c25-21-16-18(8-9-22(21)26)33(31,32)30-14-12-29(13-15-30)24-11-10-23(27-28-24)20-7-3-5-17-4-1-2-6-19(17)20/h1-11,16H,12-15H2. The number of rotatable bonds is 4. The van der Waals surface area contributed by atoms with Crippen molar-refractivity contribution in [3.8, 4) is 11.3 Å². The Hall–Kier alpha value is -3.07. The lowest BCUT2D eigenvalue weighted by Crippen LogP contribution is -2.49. The van der Waals surface area contributed by atoms with E-state index in [1.165, 1.54) is 10.4 Å². The van der Waals surface area contributed by atoms with E-state index in [9.17, 15) is 12.8 Å². The number of piperazine rings is 1. The highest BCUT2D eigenvalue weighted by Gasteiger charge is 2.29. The van der Waals surface area contributed by atoms with E-state index < -0.39 is 15.8 Å². The molecule has 1 fully saturated rings. The summed E-state index contributed by atoms with van der Waals surface area (Å²) in [6.45, 7) is 1.50. The van der Waals surface area contributed by atoms with Gasteiger partial charge in [0.05, 0.1) is 15.6 Å². The van der Waals surface area contributed by atoms with Crippen LogP contribution in [0, 0.1) is 5.82 Å². The van der Waals surface area contributed by atoms with E-state index in [2.05, 4.69) is 28.4 Å². The van der Waals surface area contributed by atoms with Gasteiger partial charge in [0, 0.05) is 31.7 Å². The van der Waals surface area contributed by atoms with Crippen LogP contribution in [0.25, 0.3) is 22.0 Å². The van der Waals surface area contributed by atoms with E-state index in [0.717, 1.165) is 34.2 Å². The van der Waals surface area contributed by atoms with Crippen LogP contribution in [0.15, 0.2) is 77.7 Å². The van der Waals surface area contributed by atoms with Crippen LogP contribution in [0.5, 0.6) is 0 Å². The van der Waals surface area contributed by atoms with E-state index in [0.29, 0.717) is 18.9 Å². The zero-order valence-electron chi connectivity index (χ0n) is 17.5. The first-order valence-electron chi connectivity index (χ1n) is 10.5. The molecule has 0 radical (unpaired) electrons. The lowest BCUT2D eigenvalue weighted by atomic mass is 10.0. The van der Waals surface area contributed by atoms with Gasteiger partial charge in [-0.3, -0.25) is 0 Å². The summed E-state index contributed by atoms with van der Waals surface area (Å²) in [7, 11) is -3.75. The first-order valence-corrected chi connectivity index (χ1v) is 12.3. The Morgan fingerprint density at radius 1 is 0.848 bits per heavy atom. The van der Waals surface area contributed by atoms with Gasteiger partial charge in [-0.1, -0.05) is 54.1 Å². The molecule has 0 N–H and O–H groups in total. The van der Waals surface area contributed by atoms with E-state index >= 15 is 0 Å². The van der Waals surface area contributed by atoms with Gasteiger partial charge in [-0.15, -0.1) is 10.2 Å². The molecule has 0 spiro atoms. The van der Waals surface area contributed by atoms with Crippen molar-refractivity contribution >= 4 is 38.2 Å². The summed E-state index contributed by atoms with van der Waals surface area (Å²) in [6.07, 6.45) is 0. The SMILES string of the molecule is O=S(=O)(c1ccc(F)c(Cl)c1)N1CCN(c2ccc(-c3cccc4ccccc34)nn2)CC1. The molecular weight excluding hydrogens is 463 g/mol. The molecule has 1 aliphatic rings. The van der Waals surface area contributed by atoms with Crippen molar-refractivity contribution < 1.29 is 12.8 Å². The van der Waals surface area contributed by atoms with Gasteiger partial charge in [0.2, 0.25) is 10.0 Å². The molecule has 9 heteroatoms. The first-order chi connectivity index (χ1) is 15.9. The number of anilines is 1. The summed E-state index contributed by atoms with van der Waals surface area (Å²) in [5.41, 5.74) is 1.80. The van der Waals surface area contributed by atoms with Gasteiger partial charge in [-0.05, 0) is 41.1 Å². The molecule has 5 rings (SSSR count). The normalized spacial score (nSPS) is 15.2. The number of halogens is 2. The van der Waals surface area contributed by atoms with Gasteiger partial charge < -0.3 is 4.90 Å². The van der Waals surface area contributed by atoms with Crippen molar-refractivity contribution in [3.05, 3.63) is 83.6 Å². The summed E-state index contributed by atoms with van der Waals surface area (Å²) >= 11 is 5.77. The highest BCUT2D eigenvalue weighted by atomic mass is 35.5. The van der Waals surface area contributed by atoms with Gasteiger partial charge in [0.1, 0.15) is 5.82 Å². The van der Waals surface area contributed by atoms with Crippen LogP contribution in [0.3, 0.4) is 0 Å². The molecular formula is C24H20ClFN4O2S. The number of nitrogens with zero attached hydrogens (tertiary/aromatic N) is 4. The Kier molecular flexibility index (Phi) is 5.74. The van der Waals surface area contributed by atoms with Crippen molar-refractivity contribution in [1.82, 2.24) is 14.5 Å². The number of hydrogen-bond acceptors (Lipinski definition) is 5. The van der Waals surface area contributed by atoms with Crippen molar-refractivity contribution in [2.75, 3.05) is 31.1 Å². The zero-order chi connectivity index (χ0) is 23.0. The number of benzene rings is 3. The average Bonchev–Trinajstić information content (AvgIpc) is 2.85. The van der Waals surface area contributed by atoms with Crippen molar-refractivity contribution in [1.29, 1.82) is 0 Å². The molecule has 1 aromatic heterocycles. The molecule has 4 aromatic rings. The molecule has 168 valence electrons. The summed E-state index contributed by atoms with van der Waals surface area (Å²) in [5.74, 6) is 0.0480. The Bertz CT molecular complexity index is 1420. The van der Waals surface area contributed by atoms with Crippen molar-refractivity contribution in [2.45, 2.75) is 4.90 Å². The second-order valence-corrected chi connectivity index (χ2v) is 10.1. The fourth-order valence-electron chi connectivity index (χ4n) is 4.03. The van der Waals surface area contributed by atoms with Crippen LogP contribution in [0.2, 0.25) is 5.02 Å². The molecule has 1 aliphatic heterocycles. The summed E-state index contributed by atoms with van der Waals surface area (Å²) in [6, 6.07) is 21.5. The van der Waals surface area contributed by atoms with Gasteiger partial charge in [-0.2, -0.15) is 4.31 Å². The van der Waals surface area contributed by atoms with Crippen LogP contribution in [0.1, 0.15) is 0 Å². The predicted octanol–water partition coefficient (Wildman–Crippen LogP) is 4.60. The van der Waals surface area contributed by atoms with E-state index in [4.69, 9.17) is 11.6 Å². The van der Waals surface area contributed by atoms with E-state index in [1.807, 2.05) is 41.3 Å². The fraction of sp³-hybridized carbons (Fsp3) is 0.167. The third kappa shape index (κ3) is 4.17. The predicted molar refractivity (Wildman–Crippen MR) is 127 cm³/mol. The quantitative estimate of drug-likeness (QED) is 0.425. The second-order valence-electron chi connectivity index (χ2n) is 7.77. The zero-order valence-corrected chi connectivity index (χ0v) is 19.1. The molecule has 0 saturated carbocycles. The Morgan fingerprint density at radius 3 is 2.33 bits per heavy atom. The monoisotopic (exact) mass is 482 g/mol. The third-order valence-corrected chi connectivity index (χ3v) is 7.99. The highest BCUT2D eigenvalue weighted by Crippen LogP contribution is 2.28. The van der Waals surface area contributed by atoms with Crippen LogP contribution in [0.4, 0.5) is 10.2 Å². The maximum absolute atomic E-state index is 13.4. The fourth-order valence-corrected chi connectivity index (χ4v) is 5.72. The van der Waals surface area contributed by atoms with E-state index in [-0.39, 0.29) is 23.0 Å².